The van der Waals surface area contributed by atoms with Crippen LogP contribution < -0.4 is 4.74 Å². The molecule has 5 nitrogen and oxygen atoms in total. The van der Waals surface area contributed by atoms with Crippen molar-refractivity contribution in [2.75, 3.05) is 0 Å². The van der Waals surface area contributed by atoms with Gasteiger partial charge in [0.1, 0.15) is 17.4 Å². The van der Waals surface area contributed by atoms with E-state index in [2.05, 4.69) is 0 Å². The van der Waals surface area contributed by atoms with E-state index in [9.17, 15) is 9.59 Å². The molecule has 1 aromatic rings. The van der Waals surface area contributed by atoms with Gasteiger partial charge < -0.3 is 9.64 Å². The maximum absolute atomic E-state index is 13.1. The second kappa shape index (κ2) is 4.41. The van der Waals surface area contributed by atoms with Gasteiger partial charge in [-0.25, -0.2) is 9.69 Å². The van der Waals surface area contributed by atoms with E-state index in [1.807, 2.05) is 49.1 Å². The fourth-order valence-electron chi connectivity index (χ4n) is 4.82. The highest BCUT2D eigenvalue weighted by Crippen LogP contribution is 2.49. The van der Waals surface area contributed by atoms with E-state index >= 15 is 0 Å². The topological polar surface area (TPSA) is 49.9 Å². The number of hydrogen-bond acceptors (Lipinski definition) is 3. The van der Waals surface area contributed by atoms with Crippen molar-refractivity contribution in [3.05, 3.63) is 35.9 Å². The first-order chi connectivity index (χ1) is 11.5. The Labute approximate surface area is 140 Å². The number of piperidine rings is 1. The van der Waals surface area contributed by atoms with Crippen LogP contribution in [0.15, 0.2) is 30.3 Å². The molecule has 0 N–H and O–H groups in total. The van der Waals surface area contributed by atoms with Gasteiger partial charge in [0.15, 0.2) is 0 Å². The molecule has 3 fully saturated rings. The summed E-state index contributed by atoms with van der Waals surface area (Å²) in [7, 11) is 0. The van der Waals surface area contributed by atoms with Gasteiger partial charge in [0.2, 0.25) is 0 Å². The Kier molecular flexibility index (Phi) is 2.58. The molecule has 5 rings (SSSR count). The average Bonchev–Trinajstić information content (AvgIpc) is 3.20. The summed E-state index contributed by atoms with van der Waals surface area (Å²) in [5.74, 6) is 0.988. The lowest BCUT2D eigenvalue weighted by atomic mass is 9.96. The minimum absolute atomic E-state index is 0.0639. The monoisotopic (exact) mass is 324 g/mol. The summed E-state index contributed by atoms with van der Waals surface area (Å²) >= 11 is 0. The van der Waals surface area contributed by atoms with Crippen LogP contribution in [0.2, 0.25) is 0 Å². The van der Waals surface area contributed by atoms with Crippen LogP contribution in [-0.4, -0.2) is 39.4 Å². The number of rotatable bonds is 1. The number of ether oxygens (including phenoxy) is 1. The number of fused-ring (bicyclic) bond motifs is 6. The third-order valence-corrected chi connectivity index (χ3v) is 5.73. The van der Waals surface area contributed by atoms with E-state index in [1.54, 1.807) is 0 Å². The van der Waals surface area contributed by atoms with Gasteiger partial charge in [-0.1, -0.05) is 12.1 Å². The van der Waals surface area contributed by atoms with Gasteiger partial charge in [0.25, 0.3) is 5.91 Å². The van der Waals surface area contributed by atoms with Crippen molar-refractivity contribution in [2.45, 2.75) is 50.8 Å². The van der Waals surface area contributed by atoms with E-state index in [0.717, 1.165) is 30.6 Å². The number of carbonyl (C=O) groups is 2. The van der Waals surface area contributed by atoms with Gasteiger partial charge in [0, 0.05) is 11.6 Å². The highest BCUT2D eigenvalue weighted by molar-refractivity contribution is 6.12. The molecule has 0 spiro atoms. The molecule has 3 amide bonds. The zero-order chi connectivity index (χ0) is 16.6. The van der Waals surface area contributed by atoms with E-state index in [0.29, 0.717) is 11.6 Å². The van der Waals surface area contributed by atoms with Crippen LogP contribution in [0.5, 0.6) is 5.75 Å². The molecule has 2 bridgehead atoms. The van der Waals surface area contributed by atoms with Crippen molar-refractivity contribution < 1.29 is 14.3 Å². The maximum Gasteiger partial charge on any atom is 0.332 e. The van der Waals surface area contributed by atoms with Crippen molar-refractivity contribution in [3.63, 3.8) is 0 Å². The largest absolute Gasteiger partial charge is 0.483 e. The molecule has 3 unspecified atom stereocenters. The molecule has 3 aliphatic heterocycles. The Morgan fingerprint density at radius 1 is 1.17 bits per heavy atom. The number of nitrogens with zero attached hydrogens (tertiary/aromatic N) is 2. The van der Waals surface area contributed by atoms with Crippen molar-refractivity contribution in [3.8, 4) is 5.75 Å². The van der Waals surface area contributed by atoms with Crippen molar-refractivity contribution in [2.24, 2.45) is 5.92 Å². The molecule has 0 radical (unpaired) electrons. The highest BCUT2D eigenvalue weighted by atomic mass is 16.5. The maximum atomic E-state index is 13.1. The molecule has 0 aromatic heterocycles. The summed E-state index contributed by atoms with van der Waals surface area (Å²) in [6.45, 7) is 3.89. The number of para-hydroxylation sites is 1. The molecule has 124 valence electrons. The normalized spacial score (nSPS) is 32.6. The van der Waals surface area contributed by atoms with Crippen molar-refractivity contribution in [1.82, 2.24) is 9.80 Å². The molecule has 5 heteroatoms. The zero-order valence-electron chi connectivity index (χ0n) is 13.9. The van der Waals surface area contributed by atoms with Crippen LogP contribution in [0.1, 0.15) is 38.7 Å². The minimum atomic E-state index is -0.559. The first kappa shape index (κ1) is 14.1. The molecule has 1 saturated carbocycles. The first-order valence-electron chi connectivity index (χ1n) is 8.64. The van der Waals surface area contributed by atoms with Crippen molar-refractivity contribution >= 4 is 17.6 Å². The summed E-state index contributed by atoms with van der Waals surface area (Å²) < 4.78 is 5.99. The average molecular weight is 324 g/mol. The lowest BCUT2D eigenvalue weighted by Gasteiger charge is -2.33. The third kappa shape index (κ3) is 1.70. The van der Waals surface area contributed by atoms with Gasteiger partial charge >= 0.3 is 6.03 Å². The lowest BCUT2D eigenvalue weighted by molar-refractivity contribution is -0.127. The number of imide groups is 1. The number of benzene rings is 1. The highest BCUT2D eigenvalue weighted by Gasteiger charge is 2.60. The molecule has 1 aromatic carbocycles. The fourth-order valence-corrected chi connectivity index (χ4v) is 4.82. The lowest BCUT2D eigenvalue weighted by Crippen LogP contribution is -2.40. The van der Waals surface area contributed by atoms with Crippen LogP contribution >= 0.6 is 0 Å². The second-order valence-electron chi connectivity index (χ2n) is 7.77. The van der Waals surface area contributed by atoms with E-state index in [1.165, 1.54) is 4.90 Å². The van der Waals surface area contributed by atoms with Gasteiger partial charge in [-0.15, -0.1) is 0 Å². The third-order valence-electron chi connectivity index (χ3n) is 5.73. The standard InChI is InChI=1S/C19H20N2O3/c1-19(2)10-14(13-5-3-4-6-15(13)24-19)21-17(22)16-11-7-8-12(9-11)20(16)18(21)23/h3-6,10-12,16H,7-9H2,1-2H3. The van der Waals surface area contributed by atoms with E-state index in [4.69, 9.17) is 4.74 Å². The SMILES string of the molecule is CC1(C)C=C(N2C(=O)C3C4CCC(C4)N3C2=O)c2ccccc2O1. The van der Waals surface area contributed by atoms with Gasteiger partial charge in [0.05, 0.1) is 5.70 Å². The first-order valence-corrected chi connectivity index (χ1v) is 8.64. The molecule has 2 saturated heterocycles. The summed E-state index contributed by atoms with van der Waals surface area (Å²) in [5.41, 5.74) is 0.925. The predicted octanol–water partition coefficient (Wildman–Crippen LogP) is 3.01. The Morgan fingerprint density at radius 3 is 2.75 bits per heavy atom. The molecule has 1 aliphatic carbocycles. The smallest absolute Gasteiger partial charge is 0.332 e. The van der Waals surface area contributed by atoms with Gasteiger partial charge in [-0.05, 0) is 57.2 Å². The number of carbonyl (C=O) groups excluding carboxylic acids is 2. The van der Waals surface area contributed by atoms with Crippen molar-refractivity contribution in [1.29, 1.82) is 0 Å². The number of hydrogen-bond donors (Lipinski definition) is 0. The quantitative estimate of drug-likeness (QED) is 0.746. The van der Waals surface area contributed by atoms with E-state index in [-0.39, 0.29) is 24.0 Å². The summed E-state index contributed by atoms with van der Waals surface area (Å²) in [4.78, 5) is 29.4. The van der Waals surface area contributed by atoms with Crippen LogP contribution in [0.25, 0.3) is 5.70 Å². The Hall–Kier alpha value is -2.30. The molecular formula is C19H20N2O3. The van der Waals surface area contributed by atoms with E-state index < -0.39 is 5.60 Å². The molecule has 4 aliphatic rings. The Bertz CT molecular complexity index is 770. The Balaban J connectivity index is 1.62. The van der Waals surface area contributed by atoms with Crippen LogP contribution in [0.4, 0.5) is 4.79 Å². The zero-order valence-corrected chi connectivity index (χ0v) is 13.9. The van der Waals surface area contributed by atoms with Gasteiger partial charge in [-0.3, -0.25) is 4.79 Å². The molecule has 24 heavy (non-hydrogen) atoms. The minimum Gasteiger partial charge on any atom is -0.483 e. The second-order valence-corrected chi connectivity index (χ2v) is 7.77. The van der Waals surface area contributed by atoms with Crippen LogP contribution in [0, 0.1) is 5.92 Å². The molecule has 3 heterocycles. The van der Waals surface area contributed by atoms with Crippen LogP contribution in [-0.2, 0) is 4.79 Å². The fraction of sp³-hybridized carbons (Fsp3) is 0.474. The number of amides is 3. The van der Waals surface area contributed by atoms with Gasteiger partial charge in [-0.2, -0.15) is 0 Å². The summed E-state index contributed by atoms with van der Waals surface area (Å²) in [6, 6.07) is 7.44. The number of urea groups is 1. The summed E-state index contributed by atoms with van der Waals surface area (Å²) in [5, 5.41) is 0. The Morgan fingerprint density at radius 2 is 1.96 bits per heavy atom. The van der Waals surface area contributed by atoms with Crippen LogP contribution in [0.3, 0.4) is 0 Å². The predicted molar refractivity (Wildman–Crippen MR) is 88.1 cm³/mol. The summed E-state index contributed by atoms with van der Waals surface area (Å²) in [6.07, 6.45) is 4.97. The molecule has 3 atom stereocenters. The molecular weight excluding hydrogens is 304 g/mol.